The normalized spacial score (nSPS) is 18.8. The van der Waals surface area contributed by atoms with E-state index < -0.39 is 0 Å². The van der Waals surface area contributed by atoms with Crippen LogP contribution in [0.25, 0.3) is 0 Å². The zero-order valence-electron chi connectivity index (χ0n) is 18.1. The molecule has 168 valence electrons. The first kappa shape index (κ1) is 21.6. The second-order valence-electron chi connectivity index (χ2n) is 7.89. The zero-order valence-corrected chi connectivity index (χ0v) is 18.1. The molecule has 0 atom stereocenters. The van der Waals surface area contributed by atoms with Crippen LogP contribution in [0, 0.1) is 0 Å². The molecule has 9 nitrogen and oxygen atoms in total. The number of aromatic nitrogens is 2. The summed E-state index contributed by atoms with van der Waals surface area (Å²) < 4.78 is 10.9. The van der Waals surface area contributed by atoms with Crippen molar-refractivity contribution >= 4 is 11.9 Å². The number of hydrogen-bond acceptors (Lipinski definition) is 7. The molecule has 2 aromatic heterocycles. The summed E-state index contributed by atoms with van der Waals surface area (Å²) >= 11 is 0. The van der Waals surface area contributed by atoms with Gasteiger partial charge in [-0.1, -0.05) is 0 Å². The van der Waals surface area contributed by atoms with Crippen molar-refractivity contribution in [2.24, 2.45) is 4.99 Å². The summed E-state index contributed by atoms with van der Waals surface area (Å²) in [4.78, 5) is 18.3. The Bertz CT molecular complexity index is 770. The molecule has 2 aliphatic rings. The molecule has 0 aliphatic carbocycles. The Morgan fingerprint density at radius 1 is 1.10 bits per heavy atom. The second kappa shape index (κ2) is 11.7. The van der Waals surface area contributed by atoms with E-state index in [4.69, 9.17) is 14.1 Å². The molecular weight excluding hydrogens is 394 g/mol. The number of ether oxygens (including phenoxy) is 1. The van der Waals surface area contributed by atoms with E-state index in [0.717, 1.165) is 96.0 Å². The number of anilines is 1. The maximum atomic E-state index is 5.44. The topological polar surface area (TPSA) is 91.1 Å². The van der Waals surface area contributed by atoms with Crippen LogP contribution in [-0.2, 0) is 11.2 Å². The average molecular weight is 428 g/mol. The van der Waals surface area contributed by atoms with E-state index >= 15 is 0 Å². The van der Waals surface area contributed by atoms with Crippen molar-refractivity contribution in [1.29, 1.82) is 0 Å². The Balaban J connectivity index is 1.27. The number of nitrogens with zero attached hydrogens (tertiary/aromatic N) is 5. The Hall–Kier alpha value is -2.65. The van der Waals surface area contributed by atoms with Gasteiger partial charge in [0.05, 0.1) is 26.0 Å². The standard InChI is InChI=1S/C22H33N7O2/c1-3-20(31-16-1)4-9-23-21(24-10-13-28-14-17-30-18-15-28)27-19-5-11-29(12-6-19)22-25-7-2-8-26-22/h1-3,7-8,16,19H,4-6,9-15,17-18H2,(H2,23,24,27). The summed E-state index contributed by atoms with van der Waals surface area (Å²) in [5, 5.41) is 7.13. The first-order valence-electron chi connectivity index (χ1n) is 11.3. The van der Waals surface area contributed by atoms with E-state index in [9.17, 15) is 0 Å². The highest BCUT2D eigenvalue weighted by molar-refractivity contribution is 5.80. The monoisotopic (exact) mass is 427 g/mol. The summed E-state index contributed by atoms with van der Waals surface area (Å²) in [6, 6.07) is 6.17. The van der Waals surface area contributed by atoms with Gasteiger partial charge in [0, 0.05) is 64.1 Å². The van der Waals surface area contributed by atoms with Crippen molar-refractivity contribution in [1.82, 2.24) is 25.5 Å². The molecule has 4 rings (SSSR count). The third-order valence-electron chi connectivity index (χ3n) is 5.70. The molecule has 2 fully saturated rings. The van der Waals surface area contributed by atoms with Crippen LogP contribution in [0.1, 0.15) is 18.6 Å². The van der Waals surface area contributed by atoms with E-state index in [0.29, 0.717) is 6.04 Å². The highest BCUT2D eigenvalue weighted by Crippen LogP contribution is 2.15. The highest BCUT2D eigenvalue weighted by atomic mass is 16.5. The van der Waals surface area contributed by atoms with Crippen LogP contribution in [0.5, 0.6) is 0 Å². The van der Waals surface area contributed by atoms with Crippen molar-refractivity contribution in [2.45, 2.75) is 25.3 Å². The van der Waals surface area contributed by atoms with Gasteiger partial charge in [0.15, 0.2) is 5.96 Å². The molecule has 4 heterocycles. The van der Waals surface area contributed by atoms with Gasteiger partial charge in [-0.3, -0.25) is 9.89 Å². The third-order valence-corrected chi connectivity index (χ3v) is 5.70. The lowest BCUT2D eigenvalue weighted by atomic mass is 10.1. The van der Waals surface area contributed by atoms with Crippen LogP contribution < -0.4 is 15.5 Å². The van der Waals surface area contributed by atoms with E-state index in [1.807, 2.05) is 18.2 Å². The minimum atomic E-state index is 0.387. The van der Waals surface area contributed by atoms with Crippen LogP contribution in [0.3, 0.4) is 0 Å². The largest absolute Gasteiger partial charge is 0.469 e. The number of piperidine rings is 1. The van der Waals surface area contributed by atoms with Gasteiger partial charge in [-0.05, 0) is 31.0 Å². The summed E-state index contributed by atoms with van der Waals surface area (Å²) in [5.74, 6) is 2.68. The van der Waals surface area contributed by atoms with Crippen molar-refractivity contribution in [3.8, 4) is 0 Å². The molecule has 0 unspecified atom stereocenters. The molecule has 2 aromatic rings. The summed E-state index contributed by atoms with van der Waals surface area (Å²) in [5.41, 5.74) is 0. The minimum absolute atomic E-state index is 0.387. The second-order valence-corrected chi connectivity index (χ2v) is 7.89. The number of furan rings is 1. The highest BCUT2D eigenvalue weighted by Gasteiger charge is 2.21. The lowest BCUT2D eigenvalue weighted by molar-refractivity contribution is 0.0394. The van der Waals surface area contributed by atoms with Gasteiger partial charge in [-0.25, -0.2) is 9.97 Å². The molecule has 0 radical (unpaired) electrons. The smallest absolute Gasteiger partial charge is 0.225 e. The van der Waals surface area contributed by atoms with Crippen molar-refractivity contribution in [3.05, 3.63) is 42.6 Å². The zero-order chi connectivity index (χ0) is 21.1. The van der Waals surface area contributed by atoms with Crippen LogP contribution in [0.2, 0.25) is 0 Å². The minimum Gasteiger partial charge on any atom is -0.469 e. The predicted octanol–water partition coefficient (Wildman–Crippen LogP) is 1.15. The third kappa shape index (κ3) is 6.93. The Morgan fingerprint density at radius 2 is 1.90 bits per heavy atom. The van der Waals surface area contributed by atoms with Gasteiger partial charge in [-0.15, -0.1) is 0 Å². The number of hydrogen-bond donors (Lipinski definition) is 2. The summed E-state index contributed by atoms with van der Waals surface area (Å²) in [6.07, 6.45) is 8.21. The van der Waals surface area contributed by atoms with Crippen LogP contribution in [0.15, 0.2) is 46.3 Å². The summed E-state index contributed by atoms with van der Waals surface area (Å²) in [7, 11) is 0. The first-order valence-corrected chi connectivity index (χ1v) is 11.3. The number of aliphatic imine (C=N–C) groups is 1. The maximum absolute atomic E-state index is 5.44. The SMILES string of the molecule is c1cnc(N2CCC(NC(=NCCN3CCOCC3)NCCc3ccco3)CC2)nc1. The Labute approximate surface area is 183 Å². The van der Waals surface area contributed by atoms with E-state index in [1.165, 1.54) is 0 Å². The molecule has 31 heavy (non-hydrogen) atoms. The summed E-state index contributed by atoms with van der Waals surface area (Å²) in [6.45, 7) is 8.01. The van der Waals surface area contributed by atoms with E-state index in [1.54, 1.807) is 18.7 Å². The van der Waals surface area contributed by atoms with Crippen LogP contribution >= 0.6 is 0 Å². The molecule has 0 bridgehead atoms. The number of rotatable bonds is 8. The molecule has 2 N–H and O–H groups in total. The molecule has 9 heteroatoms. The fourth-order valence-electron chi connectivity index (χ4n) is 3.91. The van der Waals surface area contributed by atoms with Gasteiger partial charge < -0.3 is 24.7 Å². The van der Waals surface area contributed by atoms with Gasteiger partial charge >= 0.3 is 0 Å². The fourth-order valence-corrected chi connectivity index (χ4v) is 3.91. The fraction of sp³-hybridized carbons (Fsp3) is 0.591. The lowest BCUT2D eigenvalue weighted by Crippen LogP contribution is -2.49. The van der Waals surface area contributed by atoms with Gasteiger partial charge in [0.1, 0.15) is 5.76 Å². The van der Waals surface area contributed by atoms with Crippen molar-refractivity contribution in [2.75, 3.05) is 63.9 Å². The van der Waals surface area contributed by atoms with Gasteiger partial charge in [-0.2, -0.15) is 0 Å². The quantitative estimate of drug-likeness (QED) is 0.479. The molecule has 0 spiro atoms. The molecule has 0 saturated carbocycles. The van der Waals surface area contributed by atoms with Gasteiger partial charge in [0.2, 0.25) is 5.95 Å². The van der Waals surface area contributed by atoms with Gasteiger partial charge in [0.25, 0.3) is 0 Å². The van der Waals surface area contributed by atoms with Crippen molar-refractivity contribution < 1.29 is 9.15 Å². The number of guanidine groups is 1. The molecule has 0 aromatic carbocycles. The van der Waals surface area contributed by atoms with Crippen LogP contribution in [-0.4, -0.2) is 85.9 Å². The Kier molecular flexibility index (Phi) is 8.12. The molecule has 2 saturated heterocycles. The average Bonchev–Trinajstić information content (AvgIpc) is 3.34. The van der Waals surface area contributed by atoms with Crippen LogP contribution in [0.4, 0.5) is 5.95 Å². The Morgan fingerprint density at radius 3 is 2.65 bits per heavy atom. The van der Waals surface area contributed by atoms with Crippen molar-refractivity contribution in [3.63, 3.8) is 0 Å². The lowest BCUT2D eigenvalue weighted by Gasteiger charge is -2.33. The molecule has 2 aliphatic heterocycles. The maximum Gasteiger partial charge on any atom is 0.225 e. The number of morpholine rings is 1. The number of nitrogens with one attached hydrogen (secondary N) is 2. The van der Waals surface area contributed by atoms with E-state index in [-0.39, 0.29) is 0 Å². The van der Waals surface area contributed by atoms with E-state index in [2.05, 4.69) is 30.4 Å². The predicted molar refractivity (Wildman–Crippen MR) is 120 cm³/mol. The first-order chi connectivity index (χ1) is 15.4. The molecule has 0 amide bonds. The molecular formula is C22H33N7O2.